The average molecular weight is 491 g/mol. The van der Waals surface area contributed by atoms with E-state index < -0.39 is 4.33 Å². The van der Waals surface area contributed by atoms with Crippen molar-refractivity contribution in [2.24, 2.45) is 5.92 Å². The van der Waals surface area contributed by atoms with Crippen LogP contribution in [-0.2, 0) is 0 Å². The molecule has 0 radical (unpaired) electrons. The lowest BCUT2D eigenvalue weighted by atomic mass is 9.99. The number of halogens is 4. The molecule has 4 rings (SSSR count). The van der Waals surface area contributed by atoms with Gasteiger partial charge in [0.15, 0.2) is 0 Å². The number of hydrogen-bond donors (Lipinski definition) is 1. The zero-order valence-electron chi connectivity index (χ0n) is 17.6. The Bertz CT molecular complexity index is 1140. The van der Waals surface area contributed by atoms with Gasteiger partial charge < -0.3 is 5.32 Å². The van der Waals surface area contributed by atoms with Gasteiger partial charge in [-0.2, -0.15) is 0 Å². The molecule has 0 spiro atoms. The van der Waals surface area contributed by atoms with Crippen molar-refractivity contribution >= 4 is 52.1 Å². The molecular formula is C26H23Cl4N. The lowest BCUT2D eigenvalue weighted by Gasteiger charge is -2.14. The van der Waals surface area contributed by atoms with Gasteiger partial charge in [-0.1, -0.05) is 71.7 Å². The normalized spacial score (nSPS) is 19.2. The minimum Gasteiger partial charge on any atom is -0.359 e. The molecule has 1 aliphatic carbocycles. The van der Waals surface area contributed by atoms with Crippen LogP contribution < -0.4 is 5.32 Å². The zero-order chi connectivity index (χ0) is 22.5. The van der Waals surface area contributed by atoms with Gasteiger partial charge in [0.25, 0.3) is 0 Å². The van der Waals surface area contributed by atoms with Crippen molar-refractivity contribution in [2.75, 3.05) is 5.32 Å². The number of aryl methyl sites for hydroxylation is 3. The number of benzene rings is 3. The molecule has 0 aliphatic heterocycles. The van der Waals surface area contributed by atoms with Crippen LogP contribution in [-0.4, -0.2) is 4.33 Å². The monoisotopic (exact) mass is 489 g/mol. The van der Waals surface area contributed by atoms with Crippen LogP contribution in [0.25, 0.3) is 11.1 Å². The first-order chi connectivity index (χ1) is 14.6. The van der Waals surface area contributed by atoms with Crippen molar-refractivity contribution in [3.8, 4) is 11.1 Å². The van der Waals surface area contributed by atoms with Crippen molar-refractivity contribution in [3.63, 3.8) is 0 Å². The van der Waals surface area contributed by atoms with Crippen molar-refractivity contribution in [3.05, 3.63) is 99.2 Å². The third-order valence-corrected chi connectivity index (χ3v) is 7.76. The fraction of sp³-hybridized carbons (Fsp3) is 0.231. The molecule has 0 heterocycles. The Morgan fingerprint density at radius 2 is 1.58 bits per heavy atom. The average Bonchev–Trinajstić information content (AvgIpc) is 3.30. The summed E-state index contributed by atoms with van der Waals surface area (Å²) in [6, 6.07) is 18.6. The maximum atomic E-state index is 6.67. The Kier molecular flexibility index (Phi) is 6.09. The van der Waals surface area contributed by atoms with Gasteiger partial charge in [-0.15, -0.1) is 23.2 Å². The molecule has 0 bridgehead atoms. The van der Waals surface area contributed by atoms with Crippen LogP contribution in [0.15, 0.2) is 66.9 Å². The number of nitrogens with one attached hydrogen (secondary N) is 1. The molecular weight excluding hydrogens is 468 g/mol. The Labute approximate surface area is 204 Å². The molecule has 1 fully saturated rings. The van der Waals surface area contributed by atoms with Gasteiger partial charge in [0, 0.05) is 23.2 Å². The number of rotatable bonds is 5. The molecule has 3 aromatic rings. The lowest BCUT2D eigenvalue weighted by Crippen LogP contribution is -2.04. The predicted molar refractivity (Wildman–Crippen MR) is 136 cm³/mol. The second kappa shape index (κ2) is 8.37. The fourth-order valence-corrected chi connectivity index (χ4v) is 5.39. The number of hydrogen-bond acceptors (Lipinski definition) is 1. The van der Waals surface area contributed by atoms with E-state index in [9.17, 15) is 0 Å². The predicted octanol–water partition coefficient (Wildman–Crippen LogP) is 9.10. The highest BCUT2D eigenvalue weighted by Crippen LogP contribution is 2.67. The van der Waals surface area contributed by atoms with Crippen molar-refractivity contribution in [1.29, 1.82) is 0 Å². The quantitative estimate of drug-likeness (QED) is 0.351. The molecule has 2 atom stereocenters. The zero-order valence-corrected chi connectivity index (χ0v) is 20.6. The first-order valence-electron chi connectivity index (χ1n) is 10.1. The molecule has 1 aliphatic rings. The maximum absolute atomic E-state index is 6.67. The molecule has 0 amide bonds. The van der Waals surface area contributed by atoms with Crippen LogP contribution in [0.2, 0.25) is 10.0 Å². The fourth-order valence-electron chi connectivity index (χ4n) is 4.11. The Morgan fingerprint density at radius 3 is 2.23 bits per heavy atom. The van der Waals surface area contributed by atoms with E-state index in [0.29, 0.717) is 10.0 Å². The van der Waals surface area contributed by atoms with E-state index in [2.05, 4.69) is 62.1 Å². The van der Waals surface area contributed by atoms with Crippen LogP contribution in [0.4, 0.5) is 5.69 Å². The Balaban J connectivity index is 1.57. The summed E-state index contributed by atoms with van der Waals surface area (Å²) < 4.78 is -0.946. The first-order valence-corrected chi connectivity index (χ1v) is 11.6. The molecule has 1 saturated carbocycles. The van der Waals surface area contributed by atoms with Gasteiger partial charge in [-0.3, -0.25) is 0 Å². The summed E-state index contributed by atoms with van der Waals surface area (Å²) in [6.45, 7) is 10.4. The van der Waals surface area contributed by atoms with Crippen LogP contribution >= 0.6 is 46.4 Å². The standard InChI is InChI=1S/C26H23Cl4N/c1-14-5-8-18(9-6-14)21-13-20(10-7-15(21)2)31-17(4)23-24(26(23,29)30)19-11-16(3)25(28)22(27)12-19/h5-13,23-24,31H,4H2,1-3H3. The van der Waals surface area contributed by atoms with E-state index in [1.165, 1.54) is 22.3 Å². The van der Waals surface area contributed by atoms with E-state index in [0.717, 1.165) is 22.5 Å². The smallest absolute Gasteiger partial charge is 0.134 e. The summed E-state index contributed by atoms with van der Waals surface area (Å²) in [5.74, 6) is -0.247. The highest BCUT2D eigenvalue weighted by Gasteiger charge is 2.65. The third kappa shape index (κ3) is 4.34. The molecule has 0 saturated heterocycles. The van der Waals surface area contributed by atoms with E-state index in [4.69, 9.17) is 46.4 Å². The maximum Gasteiger partial charge on any atom is 0.134 e. The third-order valence-electron chi connectivity index (χ3n) is 5.93. The minimum atomic E-state index is -0.946. The van der Waals surface area contributed by atoms with Crippen LogP contribution in [0.3, 0.4) is 0 Å². The number of alkyl halides is 2. The molecule has 1 nitrogen and oxygen atoms in total. The summed E-state index contributed by atoms with van der Waals surface area (Å²) in [7, 11) is 0. The lowest BCUT2D eigenvalue weighted by molar-refractivity contribution is 0.946. The van der Waals surface area contributed by atoms with Gasteiger partial charge in [-0.25, -0.2) is 0 Å². The summed E-state index contributed by atoms with van der Waals surface area (Å²) in [4.78, 5) is 0. The van der Waals surface area contributed by atoms with Crippen LogP contribution in [0, 0.1) is 26.7 Å². The highest BCUT2D eigenvalue weighted by atomic mass is 35.5. The largest absolute Gasteiger partial charge is 0.359 e. The van der Waals surface area contributed by atoms with Crippen molar-refractivity contribution < 1.29 is 0 Å². The van der Waals surface area contributed by atoms with Gasteiger partial charge in [0.05, 0.1) is 10.0 Å². The number of anilines is 1. The summed E-state index contributed by atoms with van der Waals surface area (Å²) in [5, 5.41) is 4.49. The molecule has 160 valence electrons. The van der Waals surface area contributed by atoms with Crippen LogP contribution in [0.1, 0.15) is 28.2 Å². The summed E-state index contributed by atoms with van der Waals surface area (Å²) >= 11 is 25.8. The molecule has 2 unspecified atom stereocenters. The Hall–Kier alpha value is -1.64. The van der Waals surface area contributed by atoms with E-state index >= 15 is 0 Å². The topological polar surface area (TPSA) is 12.0 Å². The Morgan fingerprint density at radius 1 is 0.903 bits per heavy atom. The molecule has 0 aromatic heterocycles. The van der Waals surface area contributed by atoms with Gasteiger partial charge >= 0.3 is 0 Å². The molecule has 5 heteroatoms. The van der Waals surface area contributed by atoms with Gasteiger partial charge in [0.1, 0.15) is 4.33 Å². The van der Waals surface area contributed by atoms with Gasteiger partial charge in [-0.05, 0) is 66.8 Å². The summed E-state index contributed by atoms with van der Waals surface area (Å²) in [6.07, 6.45) is 0. The minimum absolute atomic E-state index is 0.105. The molecule has 31 heavy (non-hydrogen) atoms. The van der Waals surface area contributed by atoms with E-state index in [1.807, 2.05) is 25.1 Å². The molecule has 3 aromatic carbocycles. The molecule has 1 N–H and O–H groups in total. The number of allylic oxidation sites excluding steroid dienone is 1. The first kappa shape index (κ1) is 22.6. The van der Waals surface area contributed by atoms with Crippen LogP contribution in [0.5, 0.6) is 0 Å². The highest BCUT2D eigenvalue weighted by molar-refractivity contribution is 6.52. The van der Waals surface area contributed by atoms with Gasteiger partial charge in [0.2, 0.25) is 0 Å². The second-order valence-corrected chi connectivity index (χ2v) is 10.5. The van der Waals surface area contributed by atoms with Crippen molar-refractivity contribution in [1.82, 2.24) is 0 Å². The van der Waals surface area contributed by atoms with E-state index in [-0.39, 0.29) is 11.8 Å². The van der Waals surface area contributed by atoms with Crippen molar-refractivity contribution in [2.45, 2.75) is 31.0 Å². The summed E-state index contributed by atoms with van der Waals surface area (Å²) in [5.41, 5.74) is 8.39. The SMILES string of the molecule is C=C(Nc1ccc(C)c(-c2ccc(C)cc2)c1)C1C(c2cc(C)c(Cl)c(Cl)c2)C1(Cl)Cl. The van der Waals surface area contributed by atoms with E-state index in [1.54, 1.807) is 0 Å². The second-order valence-electron chi connectivity index (χ2n) is 8.31.